The van der Waals surface area contributed by atoms with Crippen molar-refractivity contribution in [2.75, 3.05) is 0 Å². The minimum Gasteiger partial charge on any atom is -0.153 e. The molecule has 0 saturated carbocycles. The highest BCUT2D eigenvalue weighted by atomic mass is 32.2. The highest BCUT2D eigenvalue weighted by Gasteiger charge is 2.12. The summed E-state index contributed by atoms with van der Waals surface area (Å²) in [7, 11) is 0. The van der Waals surface area contributed by atoms with Crippen LogP contribution >= 0.6 is 11.8 Å². The third-order valence-corrected chi connectivity index (χ3v) is 3.76. The molecule has 0 fully saturated rings. The minimum absolute atomic E-state index is 0.586. The van der Waals surface area contributed by atoms with Gasteiger partial charge >= 0.3 is 0 Å². The first-order valence-corrected chi connectivity index (χ1v) is 5.75. The molecule has 0 bridgehead atoms. The van der Waals surface area contributed by atoms with Gasteiger partial charge in [0.15, 0.2) is 0 Å². The van der Waals surface area contributed by atoms with E-state index in [1.165, 1.54) is 0 Å². The van der Waals surface area contributed by atoms with E-state index in [1.54, 1.807) is 0 Å². The van der Waals surface area contributed by atoms with E-state index in [9.17, 15) is 0 Å². The van der Waals surface area contributed by atoms with Crippen LogP contribution in [0.2, 0.25) is 0 Å². The highest BCUT2D eigenvalue weighted by molar-refractivity contribution is 8.00. The maximum atomic E-state index is 5.29. The van der Waals surface area contributed by atoms with Gasteiger partial charge in [-0.25, -0.2) is 0 Å². The fraction of sp³-hybridized carbons (Fsp3) is 0.667. The molecule has 0 saturated heterocycles. The zero-order valence-electron chi connectivity index (χ0n) is 8.55. The van der Waals surface area contributed by atoms with Crippen LogP contribution in [0.25, 0.3) is 0 Å². The lowest BCUT2D eigenvalue weighted by atomic mass is 10.2. The first kappa shape index (κ1) is 12.5. The van der Waals surface area contributed by atoms with Crippen LogP contribution in [0.4, 0.5) is 0 Å². The van der Waals surface area contributed by atoms with Crippen LogP contribution in [-0.4, -0.2) is 10.5 Å². The molecule has 0 N–H and O–H groups in total. The van der Waals surface area contributed by atoms with Crippen molar-refractivity contribution in [3.8, 4) is 24.7 Å². The summed E-state index contributed by atoms with van der Waals surface area (Å²) in [5.41, 5.74) is 0. The van der Waals surface area contributed by atoms with E-state index in [-0.39, 0.29) is 0 Å². The second-order valence-electron chi connectivity index (χ2n) is 3.01. The van der Waals surface area contributed by atoms with Crippen molar-refractivity contribution in [2.45, 2.75) is 50.0 Å². The van der Waals surface area contributed by atoms with Crippen LogP contribution in [0.5, 0.6) is 0 Å². The van der Waals surface area contributed by atoms with Crippen molar-refractivity contribution in [3.05, 3.63) is 0 Å². The highest BCUT2D eigenvalue weighted by Crippen LogP contribution is 2.26. The third kappa shape index (κ3) is 5.67. The lowest BCUT2D eigenvalue weighted by molar-refractivity contribution is 0.804. The molecule has 0 nitrogen and oxygen atoms in total. The molecule has 0 aliphatic heterocycles. The van der Waals surface area contributed by atoms with Crippen molar-refractivity contribution >= 4 is 11.8 Å². The van der Waals surface area contributed by atoms with Gasteiger partial charge < -0.3 is 0 Å². The van der Waals surface area contributed by atoms with E-state index in [1.807, 2.05) is 11.8 Å². The largest absolute Gasteiger partial charge is 0.153 e. The Morgan fingerprint density at radius 3 is 1.62 bits per heavy atom. The van der Waals surface area contributed by atoms with Crippen LogP contribution in [0.15, 0.2) is 0 Å². The molecule has 0 aromatic carbocycles. The predicted octanol–water partition coefficient (Wildman–Crippen LogP) is 3.32. The average molecular weight is 194 g/mol. The molecule has 0 aliphatic carbocycles. The van der Waals surface area contributed by atoms with Crippen molar-refractivity contribution in [2.24, 2.45) is 0 Å². The summed E-state index contributed by atoms with van der Waals surface area (Å²) in [6.07, 6.45) is 14.6. The normalized spacial score (nSPS) is 14.2. The van der Waals surface area contributed by atoms with E-state index in [0.717, 1.165) is 25.7 Å². The molecule has 13 heavy (non-hydrogen) atoms. The number of rotatable bonds is 6. The molecule has 0 radical (unpaired) electrons. The number of terminal acetylenes is 2. The van der Waals surface area contributed by atoms with E-state index >= 15 is 0 Å². The average Bonchev–Trinajstić information content (AvgIpc) is 2.16. The Hall–Kier alpha value is -0.530. The summed E-state index contributed by atoms with van der Waals surface area (Å²) in [4.78, 5) is 0. The zero-order valence-corrected chi connectivity index (χ0v) is 9.36. The van der Waals surface area contributed by atoms with Gasteiger partial charge in [-0.15, -0.1) is 24.7 Å². The van der Waals surface area contributed by atoms with E-state index in [2.05, 4.69) is 25.7 Å². The number of hydrogen-bond donors (Lipinski definition) is 0. The maximum Gasteiger partial charge on any atom is 0.0205 e. The topological polar surface area (TPSA) is 0 Å². The van der Waals surface area contributed by atoms with Gasteiger partial charge in [0.05, 0.1) is 0 Å². The Labute approximate surface area is 86.9 Å². The van der Waals surface area contributed by atoms with E-state index < -0.39 is 0 Å². The van der Waals surface area contributed by atoms with Gasteiger partial charge in [-0.2, -0.15) is 11.8 Å². The van der Waals surface area contributed by atoms with Crippen LogP contribution in [-0.2, 0) is 0 Å². The van der Waals surface area contributed by atoms with Crippen LogP contribution in [0.1, 0.15) is 39.5 Å². The Morgan fingerprint density at radius 1 is 1.00 bits per heavy atom. The first-order valence-electron chi connectivity index (χ1n) is 4.80. The van der Waals surface area contributed by atoms with Gasteiger partial charge in [0, 0.05) is 23.3 Å². The fourth-order valence-corrected chi connectivity index (χ4v) is 2.43. The molecule has 2 atom stereocenters. The van der Waals surface area contributed by atoms with Crippen molar-refractivity contribution in [3.63, 3.8) is 0 Å². The Balaban J connectivity index is 3.90. The molecular weight excluding hydrogens is 176 g/mol. The van der Waals surface area contributed by atoms with Crippen LogP contribution < -0.4 is 0 Å². The summed E-state index contributed by atoms with van der Waals surface area (Å²) >= 11 is 1.95. The Kier molecular flexibility index (Phi) is 7.76. The minimum atomic E-state index is 0.586. The van der Waals surface area contributed by atoms with Gasteiger partial charge in [-0.3, -0.25) is 0 Å². The zero-order chi connectivity index (χ0) is 10.1. The summed E-state index contributed by atoms with van der Waals surface area (Å²) in [5, 5.41) is 1.17. The summed E-state index contributed by atoms with van der Waals surface area (Å²) in [5.74, 6) is 5.44. The molecular formula is C12H18S. The second-order valence-corrected chi connectivity index (χ2v) is 4.62. The van der Waals surface area contributed by atoms with Crippen molar-refractivity contribution < 1.29 is 0 Å². The van der Waals surface area contributed by atoms with Gasteiger partial charge in [0.25, 0.3) is 0 Å². The standard InChI is InChI=1S/C12H18S/c1-5-9-11(7-3)13-12(8-4)10-6-2/h1-2,11-12H,7-10H2,3-4H3. The third-order valence-electron chi connectivity index (χ3n) is 1.99. The molecule has 0 aromatic heterocycles. The summed E-state index contributed by atoms with van der Waals surface area (Å²) in [6.45, 7) is 4.36. The molecule has 0 amide bonds. The van der Waals surface area contributed by atoms with Crippen molar-refractivity contribution in [1.82, 2.24) is 0 Å². The fourth-order valence-electron chi connectivity index (χ4n) is 1.11. The lowest BCUT2D eigenvalue weighted by Crippen LogP contribution is -2.08. The van der Waals surface area contributed by atoms with Gasteiger partial charge in [-0.1, -0.05) is 13.8 Å². The number of thioether (sulfide) groups is 1. The Morgan fingerprint density at radius 2 is 1.38 bits per heavy atom. The second kappa shape index (κ2) is 8.09. The maximum absolute atomic E-state index is 5.29. The van der Waals surface area contributed by atoms with Gasteiger partial charge in [-0.05, 0) is 12.8 Å². The number of hydrogen-bond acceptors (Lipinski definition) is 1. The first-order chi connectivity index (χ1) is 6.28. The van der Waals surface area contributed by atoms with Gasteiger partial charge in [0.2, 0.25) is 0 Å². The van der Waals surface area contributed by atoms with Gasteiger partial charge in [0.1, 0.15) is 0 Å². The SMILES string of the molecule is C#CCC(CC)SC(CC)CC#C. The smallest absolute Gasteiger partial charge is 0.0205 e. The molecule has 0 spiro atoms. The quantitative estimate of drug-likeness (QED) is 0.584. The van der Waals surface area contributed by atoms with E-state index in [0.29, 0.717) is 10.5 Å². The molecule has 2 unspecified atom stereocenters. The monoisotopic (exact) mass is 194 g/mol. The predicted molar refractivity (Wildman–Crippen MR) is 62.6 cm³/mol. The summed E-state index contributed by atoms with van der Waals surface area (Å²) in [6, 6.07) is 0. The van der Waals surface area contributed by atoms with Crippen molar-refractivity contribution in [1.29, 1.82) is 0 Å². The Bertz CT molecular complexity index is 172. The molecule has 0 aliphatic rings. The molecule has 72 valence electrons. The molecule has 0 aromatic rings. The van der Waals surface area contributed by atoms with Crippen LogP contribution in [0.3, 0.4) is 0 Å². The summed E-state index contributed by atoms with van der Waals surface area (Å²) < 4.78 is 0. The molecule has 0 heterocycles. The van der Waals surface area contributed by atoms with E-state index in [4.69, 9.17) is 12.8 Å². The lowest BCUT2D eigenvalue weighted by Gasteiger charge is -2.17. The molecule has 1 heteroatoms. The van der Waals surface area contributed by atoms with Crippen LogP contribution in [0, 0.1) is 24.7 Å². The molecule has 0 rings (SSSR count).